The summed E-state index contributed by atoms with van der Waals surface area (Å²) >= 11 is 3.53. The van der Waals surface area contributed by atoms with Crippen LogP contribution in [0.4, 0.5) is 0 Å². The van der Waals surface area contributed by atoms with Crippen LogP contribution < -0.4 is 0 Å². The minimum atomic E-state index is 0.998. The van der Waals surface area contributed by atoms with E-state index in [0.29, 0.717) is 0 Å². The monoisotopic (exact) mass is 311 g/mol. The first-order valence-corrected chi connectivity index (χ1v) is 8.91. The van der Waals surface area contributed by atoms with Crippen molar-refractivity contribution in [3.63, 3.8) is 0 Å². The Kier molecular flexibility index (Phi) is 5.08. The van der Waals surface area contributed by atoms with Gasteiger partial charge in [0.25, 0.3) is 0 Å². The van der Waals surface area contributed by atoms with Gasteiger partial charge in [-0.1, -0.05) is 66.4 Å². The van der Waals surface area contributed by atoms with Crippen molar-refractivity contribution in [1.82, 2.24) is 4.98 Å². The van der Waals surface area contributed by atoms with Crippen LogP contribution in [0, 0.1) is 0 Å². The Morgan fingerprint density at radius 3 is 2.38 bits per heavy atom. The zero-order chi connectivity index (χ0) is 14.3. The lowest BCUT2D eigenvalue weighted by Gasteiger charge is -2.08. The van der Waals surface area contributed by atoms with Gasteiger partial charge in [-0.25, -0.2) is 4.98 Å². The molecule has 0 radical (unpaired) electrons. The van der Waals surface area contributed by atoms with Gasteiger partial charge in [-0.05, 0) is 29.5 Å². The Morgan fingerprint density at radius 2 is 1.62 bits per heavy atom. The second-order valence-electron chi connectivity index (χ2n) is 4.84. The third-order valence-electron chi connectivity index (χ3n) is 3.41. The summed E-state index contributed by atoms with van der Waals surface area (Å²) in [6.07, 6.45) is 4.06. The molecule has 0 saturated heterocycles. The Hall–Kier alpha value is -1.58. The molecule has 1 nitrogen and oxygen atoms in total. The Morgan fingerprint density at radius 1 is 0.857 bits per heavy atom. The van der Waals surface area contributed by atoms with Crippen molar-refractivity contribution >= 4 is 23.1 Å². The van der Waals surface area contributed by atoms with Crippen LogP contribution in [0.15, 0.2) is 70.5 Å². The van der Waals surface area contributed by atoms with Crippen LogP contribution in [0.5, 0.6) is 0 Å². The van der Waals surface area contributed by atoms with Gasteiger partial charge in [0.15, 0.2) is 0 Å². The van der Waals surface area contributed by atoms with Crippen molar-refractivity contribution in [2.45, 2.75) is 22.9 Å². The predicted octanol–water partition coefficient (Wildman–Crippen LogP) is 5.22. The van der Waals surface area contributed by atoms with Crippen molar-refractivity contribution in [3.8, 4) is 0 Å². The van der Waals surface area contributed by atoms with E-state index in [1.165, 1.54) is 16.7 Å². The lowest BCUT2D eigenvalue weighted by atomic mass is 10.0. The number of hydrogen-bond donors (Lipinski definition) is 0. The molecule has 0 bridgehead atoms. The fraction of sp³-hybridized carbons (Fsp3) is 0.167. The molecular formula is C18H17NS2. The first kappa shape index (κ1) is 14.4. The van der Waals surface area contributed by atoms with Crippen molar-refractivity contribution in [2.75, 3.05) is 0 Å². The van der Waals surface area contributed by atoms with E-state index in [1.54, 1.807) is 11.3 Å². The maximum Gasteiger partial charge on any atom is 0.150 e. The van der Waals surface area contributed by atoms with Gasteiger partial charge in [-0.3, -0.25) is 0 Å². The molecule has 0 aliphatic carbocycles. The average molecular weight is 311 g/mol. The van der Waals surface area contributed by atoms with Crippen molar-refractivity contribution in [3.05, 3.63) is 82.9 Å². The molecule has 0 saturated carbocycles. The lowest BCUT2D eigenvalue weighted by Crippen LogP contribution is -1.96. The van der Waals surface area contributed by atoms with Crippen LogP contribution >= 0.6 is 23.1 Å². The van der Waals surface area contributed by atoms with E-state index in [4.69, 9.17) is 0 Å². The molecule has 0 aliphatic heterocycles. The number of thioether (sulfide) groups is 1. The number of thiazole rings is 1. The third-order valence-corrected chi connectivity index (χ3v) is 5.42. The van der Waals surface area contributed by atoms with Crippen LogP contribution in [0.3, 0.4) is 0 Å². The number of aromatic nitrogens is 1. The minimum Gasteiger partial charge on any atom is -0.238 e. The summed E-state index contributed by atoms with van der Waals surface area (Å²) < 4.78 is 1.15. The number of rotatable bonds is 6. The van der Waals surface area contributed by atoms with Gasteiger partial charge in [0.05, 0.1) is 0 Å². The quantitative estimate of drug-likeness (QED) is 0.579. The lowest BCUT2D eigenvalue weighted by molar-refractivity contribution is 0.947. The zero-order valence-electron chi connectivity index (χ0n) is 11.7. The van der Waals surface area contributed by atoms with Gasteiger partial charge >= 0.3 is 0 Å². The SMILES string of the molecule is c1ccc(CCc2ccccc2CSc2nccs2)cc1. The average Bonchev–Trinajstić information content (AvgIpc) is 3.06. The maximum absolute atomic E-state index is 4.34. The first-order valence-electron chi connectivity index (χ1n) is 7.05. The van der Waals surface area contributed by atoms with E-state index in [2.05, 4.69) is 59.6 Å². The molecule has 0 spiro atoms. The molecule has 0 fully saturated rings. The van der Waals surface area contributed by atoms with Crippen LogP contribution in [-0.4, -0.2) is 4.98 Å². The summed E-state index contributed by atoms with van der Waals surface area (Å²) in [7, 11) is 0. The molecule has 21 heavy (non-hydrogen) atoms. The fourth-order valence-electron chi connectivity index (χ4n) is 2.29. The van der Waals surface area contributed by atoms with Crippen LogP contribution in [0.1, 0.15) is 16.7 Å². The highest BCUT2D eigenvalue weighted by atomic mass is 32.2. The smallest absolute Gasteiger partial charge is 0.150 e. The van der Waals surface area contributed by atoms with Gasteiger partial charge < -0.3 is 0 Å². The van der Waals surface area contributed by atoms with Gasteiger partial charge in [-0.15, -0.1) is 11.3 Å². The highest BCUT2D eigenvalue weighted by molar-refractivity contribution is 8.00. The van der Waals surface area contributed by atoms with E-state index in [0.717, 1.165) is 22.9 Å². The standard InChI is InChI=1S/C18H17NS2/c1-2-6-15(7-3-1)10-11-16-8-4-5-9-17(16)14-21-18-19-12-13-20-18/h1-9,12-13H,10-11,14H2. The summed E-state index contributed by atoms with van der Waals surface area (Å²) in [5.41, 5.74) is 4.28. The van der Waals surface area contributed by atoms with Gasteiger partial charge in [0.1, 0.15) is 4.34 Å². The van der Waals surface area contributed by atoms with E-state index < -0.39 is 0 Å². The molecular weight excluding hydrogens is 294 g/mol. The molecule has 3 rings (SSSR count). The molecule has 3 aromatic rings. The van der Waals surface area contributed by atoms with Crippen LogP contribution in [-0.2, 0) is 18.6 Å². The number of benzene rings is 2. The summed E-state index contributed by atoms with van der Waals surface area (Å²) in [4.78, 5) is 4.34. The normalized spacial score (nSPS) is 10.7. The van der Waals surface area contributed by atoms with E-state index in [-0.39, 0.29) is 0 Å². The molecule has 106 valence electrons. The Balaban J connectivity index is 1.64. The number of aryl methyl sites for hydroxylation is 2. The van der Waals surface area contributed by atoms with Gasteiger partial charge in [0.2, 0.25) is 0 Å². The third kappa shape index (κ3) is 4.19. The summed E-state index contributed by atoms with van der Waals surface area (Å²) in [5, 5.41) is 2.03. The molecule has 0 N–H and O–H groups in total. The molecule has 1 heterocycles. The Bertz CT molecular complexity index is 663. The van der Waals surface area contributed by atoms with Crippen LogP contribution in [0.25, 0.3) is 0 Å². The summed E-state index contributed by atoms with van der Waals surface area (Å²) in [6, 6.07) is 19.4. The minimum absolute atomic E-state index is 0.998. The second-order valence-corrected chi connectivity index (χ2v) is 6.96. The van der Waals surface area contributed by atoms with E-state index >= 15 is 0 Å². The highest BCUT2D eigenvalue weighted by Crippen LogP contribution is 2.26. The summed E-state index contributed by atoms with van der Waals surface area (Å²) in [6.45, 7) is 0. The van der Waals surface area contributed by atoms with E-state index in [9.17, 15) is 0 Å². The van der Waals surface area contributed by atoms with Gasteiger partial charge in [0, 0.05) is 17.3 Å². The molecule has 0 aliphatic rings. The topological polar surface area (TPSA) is 12.9 Å². The first-order chi connectivity index (χ1) is 10.4. The second kappa shape index (κ2) is 7.43. The molecule has 0 amide bonds. The fourth-order valence-corrected chi connectivity index (χ4v) is 3.96. The predicted molar refractivity (Wildman–Crippen MR) is 92.0 cm³/mol. The molecule has 0 unspecified atom stereocenters. The molecule has 2 aromatic carbocycles. The highest BCUT2D eigenvalue weighted by Gasteiger charge is 2.04. The Labute approximate surface area is 134 Å². The maximum atomic E-state index is 4.34. The molecule has 3 heteroatoms. The van der Waals surface area contributed by atoms with Crippen molar-refractivity contribution in [2.24, 2.45) is 0 Å². The summed E-state index contributed by atoms with van der Waals surface area (Å²) in [5.74, 6) is 0.998. The molecule has 1 aromatic heterocycles. The largest absolute Gasteiger partial charge is 0.238 e. The van der Waals surface area contributed by atoms with E-state index in [1.807, 2.05) is 23.3 Å². The number of hydrogen-bond acceptors (Lipinski definition) is 3. The van der Waals surface area contributed by atoms with Crippen molar-refractivity contribution < 1.29 is 0 Å². The van der Waals surface area contributed by atoms with Crippen molar-refractivity contribution in [1.29, 1.82) is 0 Å². The molecule has 0 atom stereocenters. The zero-order valence-corrected chi connectivity index (χ0v) is 13.4. The van der Waals surface area contributed by atoms with Gasteiger partial charge in [-0.2, -0.15) is 0 Å². The van der Waals surface area contributed by atoms with Crippen LogP contribution in [0.2, 0.25) is 0 Å². The number of nitrogens with zero attached hydrogens (tertiary/aromatic N) is 1.